The molecule has 0 atom stereocenters. The van der Waals surface area contributed by atoms with E-state index in [1.54, 1.807) is 45.2 Å². The van der Waals surface area contributed by atoms with E-state index >= 15 is 0 Å². The highest BCUT2D eigenvalue weighted by atomic mass is 32.2. The van der Waals surface area contributed by atoms with Crippen LogP contribution >= 0.6 is 11.8 Å². The van der Waals surface area contributed by atoms with Gasteiger partial charge < -0.3 is 9.47 Å². The van der Waals surface area contributed by atoms with Crippen LogP contribution in [-0.4, -0.2) is 40.9 Å². The van der Waals surface area contributed by atoms with Gasteiger partial charge >= 0.3 is 0 Å². The summed E-state index contributed by atoms with van der Waals surface area (Å²) in [4.78, 5) is 29.4. The van der Waals surface area contributed by atoms with Gasteiger partial charge in [0, 0.05) is 7.05 Å². The smallest absolute Gasteiger partial charge is 0.296 e. The maximum Gasteiger partial charge on any atom is 0.296 e. The Balaban J connectivity index is 1.58. The van der Waals surface area contributed by atoms with Crippen LogP contribution in [0.2, 0.25) is 0 Å². The average molecular weight is 554 g/mol. The molecule has 10 heteroatoms. The number of carbonyl (C=O) groups is 1. The van der Waals surface area contributed by atoms with E-state index in [1.807, 2.05) is 78.9 Å². The van der Waals surface area contributed by atoms with Crippen molar-refractivity contribution in [3.63, 3.8) is 0 Å². The first-order valence-corrected chi connectivity index (χ1v) is 13.2. The Kier molecular flexibility index (Phi) is 7.70. The molecule has 2 heterocycles. The van der Waals surface area contributed by atoms with E-state index in [4.69, 9.17) is 9.47 Å². The number of thioether (sulfide) groups is 1. The van der Waals surface area contributed by atoms with Gasteiger partial charge in [-0.2, -0.15) is 5.10 Å². The Morgan fingerprint density at radius 2 is 1.43 bits per heavy atom. The number of aromatic nitrogens is 2. The number of methoxy groups -OCH3 is 2. The van der Waals surface area contributed by atoms with Crippen LogP contribution in [0.3, 0.4) is 0 Å². The van der Waals surface area contributed by atoms with Crippen molar-refractivity contribution in [2.75, 3.05) is 19.1 Å². The fourth-order valence-electron chi connectivity index (χ4n) is 4.24. The van der Waals surface area contributed by atoms with Gasteiger partial charge in [-0.05, 0) is 84.4 Å². The second-order valence-corrected chi connectivity index (χ2v) is 9.84. The highest BCUT2D eigenvalue weighted by molar-refractivity contribution is 8.19. The van der Waals surface area contributed by atoms with E-state index < -0.39 is 0 Å². The summed E-state index contributed by atoms with van der Waals surface area (Å²) in [7, 11) is 4.99. The summed E-state index contributed by atoms with van der Waals surface area (Å²) in [6.07, 6.45) is 3.35. The molecule has 1 saturated heterocycles. The van der Waals surface area contributed by atoms with Gasteiger partial charge in [-0.25, -0.2) is 9.58 Å². The average Bonchev–Trinajstić information content (AvgIpc) is 3.39. The zero-order valence-corrected chi connectivity index (χ0v) is 23.3. The van der Waals surface area contributed by atoms with Crippen LogP contribution in [0.25, 0.3) is 11.8 Å². The van der Waals surface area contributed by atoms with E-state index in [9.17, 15) is 9.59 Å². The maximum absolute atomic E-state index is 13.8. The van der Waals surface area contributed by atoms with Gasteiger partial charge in [-0.1, -0.05) is 30.3 Å². The Hall–Kier alpha value is -4.83. The van der Waals surface area contributed by atoms with E-state index in [-0.39, 0.29) is 22.3 Å². The Labute approximate surface area is 235 Å². The fourth-order valence-corrected chi connectivity index (χ4v) is 5.16. The minimum absolute atomic E-state index is 0.223. The van der Waals surface area contributed by atoms with Crippen molar-refractivity contribution < 1.29 is 14.3 Å². The van der Waals surface area contributed by atoms with Crippen LogP contribution in [0, 0.1) is 6.92 Å². The molecule has 0 unspecified atom stereocenters. The molecule has 1 fully saturated rings. The van der Waals surface area contributed by atoms with E-state index in [2.05, 4.69) is 10.2 Å². The molecule has 5 rings (SSSR count). The Morgan fingerprint density at radius 1 is 0.825 bits per heavy atom. The number of rotatable bonds is 7. The van der Waals surface area contributed by atoms with Gasteiger partial charge in [0.2, 0.25) is 5.17 Å². The van der Waals surface area contributed by atoms with Gasteiger partial charge in [-0.15, -0.1) is 5.10 Å². The van der Waals surface area contributed by atoms with Crippen LogP contribution in [-0.2, 0) is 11.8 Å². The van der Waals surface area contributed by atoms with Crippen molar-refractivity contribution in [3.05, 3.63) is 111 Å². The van der Waals surface area contributed by atoms with Crippen molar-refractivity contribution in [1.29, 1.82) is 0 Å². The third-order valence-corrected chi connectivity index (χ3v) is 7.39. The highest BCUT2D eigenvalue weighted by Gasteiger charge is 2.39. The van der Waals surface area contributed by atoms with Gasteiger partial charge in [0.1, 0.15) is 17.2 Å². The SMILES string of the molecule is COc1ccc(C=NN=C2S/C(=C/c3ccc(OC)cc3)C(=O)N2c2c(C)n(C)n(-c3ccccc3)c2=O)cc1. The predicted octanol–water partition coefficient (Wildman–Crippen LogP) is 5.01. The fraction of sp³-hybridized carbons (Fsp3) is 0.133. The van der Waals surface area contributed by atoms with Crippen molar-refractivity contribution in [3.8, 4) is 17.2 Å². The standard InChI is InChI=1S/C30H27N5O4S/c1-20-27(29(37)35(33(20)2)23-8-6-5-7-9-23)34-28(36)26(18-21-10-14-24(38-3)15-11-21)40-30(34)32-31-19-22-12-16-25(39-4)17-13-22/h5-19H,1-4H3/b26-18+,31-19?,32-30?. The van der Waals surface area contributed by atoms with Crippen molar-refractivity contribution in [2.24, 2.45) is 17.3 Å². The number of amides is 1. The molecule has 3 aromatic carbocycles. The molecular formula is C30H27N5O4S. The molecule has 1 aliphatic heterocycles. The quantitative estimate of drug-likeness (QED) is 0.182. The van der Waals surface area contributed by atoms with Crippen molar-refractivity contribution in [2.45, 2.75) is 6.92 Å². The summed E-state index contributed by atoms with van der Waals surface area (Å²) >= 11 is 1.16. The molecule has 1 amide bonds. The number of para-hydroxylation sites is 1. The maximum atomic E-state index is 13.8. The van der Waals surface area contributed by atoms with E-state index in [0.29, 0.717) is 22.0 Å². The van der Waals surface area contributed by atoms with E-state index in [0.717, 1.165) is 28.6 Å². The molecule has 9 nitrogen and oxygen atoms in total. The molecule has 0 aliphatic carbocycles. The molecule has 1 aliphatic rings. The first-order chi connectivity index (χ1) is 19.4. The van der Waals surface area contributed by atoms with Gasteiger partial charge in [0.05, 0.1) is 36.7 Å². The lowest BCUT2D eigenvalue weighted by molar-refractivity contribution is -0.113. The number of anilines is 1. The predicted molar refractivity (Wildman–Crippen MR) is 160 cm³/mol. The molecule has 40 heavy (non-hydrogen) atoms. The third kappa shape index (κ3) is 5.21. The van der Waals surface area contributed by atoms with Crippen LogP contribution in [0.5, 0.6) is 11.5 Å². The monoisotopic (exact) mass is 553 g/mol. The Bertz CT molecular complexity index is 1690. The molecule has 0 spiro atoms. The number of hydrogen-bond acceptors (Lipinski definition) is 7. The summed E-state index contributed by atoms with van der Waals surface area (Å²) in [6.45, 7) is 1.80. The lowest BCUT2D eigenvalue weighted by Gasteiger charge is -2.13. The zero-order chi connectivity index (χ0) is 28.2. The van der Waals surface area contributed by atoms with Crippen LogP contribution in [0.1, 0.15) is 16.8 Å². The molecule has 1 aromatic heterocycles. The van der Waals surface area contributed by atoms with Crippen molar-refractivity contribution in [1.82, 2.24) is 9.36 Å². The first-order valence-electron chi connectivity index (χ1n) is 12.4. The number of amidine groups is 1. The second-order valence-electron chi connectivity index (χ2n) is 8.83. The minimum Gasteiger partial charge on any atom is -0.497 e. The number of hydrogen-bond donors (Lipinski definition) is 0. The highest BCUT2D eigenvalue weighted by Crippen LogP contribution is 2.36. The second kappa shape index (κ2) is 11.5. The number of benzene rings is 3. The van der Waals surface area contributed by atoms with E-state index in [1.165, 1.54) is 9.58 Å². The lowest BCUT2D eigenvalue weighted by atomic mass is 10.2. The molecular weight excluding hydrogens is 526 g/mol. The number of nitrogens with zero attached hydrogens (tertiary/aromatic N) is 5. The third-order valence-electron chi connectivity index (χ3n) is 6.43. The van der Waals surface area contributed by atoms with Crippen LogP contribution in [0.4, 0.5) is 5.69 Å². The molecule has 4 aromatic rings. The molecule has 0 saturated carbocycles. The molecule has 0 bridgehead atoms. The topological polar surface area (TPSA) is 90.4 Å². The van der Waals surface area contributed by atoms with Crippen LogP contribution in [0.15, 0.2) is 98.8 Å². The summed E-state index contributed by atoms with van der Waals surface area (Å²) in [5, 5.41) is 8.91. The summed E-state index contributed by atoms with van der Waals surface area (Å²) in [5.74, 6) is 1.09. The molecule has 202 valence electrons. The number of ether oxygens (including phenoxy) is 2. The van der Waals surface area contributed by atoms with Gasteiger partial charge in [0.15, 0.2) is 0 Å². The van der Waals surface area contributed by atoms with Crippen LogP contribution < -0.4 is 19.9 Å². The van der Waals surface area contributed by atoms with Crippen molar-refractivity contribution >= 4 is 40.8 Å². The molecule has 0 N–H and O–H groups in total. The number of carbonyl (C=O) groups excluding carboxylic acids is 1. The first kappa shape index (κ1) is 26.8. The lowest BCUT2D eigenvalue weighted by Crippen LogP contribution is -2.33. The normalized spacial score (nSPS) is 15.5. The molecule has 0 radical (unpaired) electrons. The minimum atomic E-state index is -0.356. The Morgan fingerprint density at radius 3 is 2.02 bits per heavy atom. The largest absolute Gasteiger partial charge is 0.497 e. The van der Waals surface area contributed by atoms with Gasteiger partial charge in [-0.3, -0.25) is 14.3 Å². The zero-order valence-electron chi connectivity index (χ0n) is 22.4. The summed E-state index contributed by atoms with van der Waals surface area (Å²) in [5.41, 5.74) is 2.81. The summed E-state index contributed by atoms with van der Waals surface area (Å²) in [6, 6.07) is 24.0. The summed E-state index contributed by atoms with van der Waals surface area (Å²) < 4.78 is 13.7. The van der Waals surface area contributed by atoms with Gasteiger partial charge in [0.25, 0.3) is 11.5 Å².